The second-order valence-corrected chi connectivity index (χ2v) is 6.12. The molecular formula is C20H38N2O2. The number of nitrogens with one attached hydrogen (secondary N) is 1. The Bertz CT molecular complexity index is 341. The Labute approximate surface area is 149 Å². The molecular weight excluding hydrogens is 300 g/mol. The molecule has 0 aliphatic rings. The van der Waals surface area contributed by atoms with Crippen molar-refractivity contribution in [1.29, 1.82) is 0 Å². The second-order valence-electron chi connectivity index (χ2n) is 6.12. The first kappa shape index (κ1) is 22.9. The number of aliphatic hydroxyl groups excluding tert-OH is 1. The van der Waals surface area contributed by atoms with Crippen LogP contribution in [0.25, 0.3) is 0 Å². The van der Waals surface area contributed by atoms with Crippen molar-refractivity contribution in [2.75, 3.05) is 32.8 Å². The lowest BCUT2D eigenvalue weighted by Gasteiger charge is -2.21. The molecule has 0 atom stereocenters. The van der Waals surface area contributed by atoms with Crippen LogP contribution in [0.3, 0.4) is 0 Å². The molecule has 4 heteroatoms. The van der Waals surface area contributed by atoms with Crippen LogP contribution in [0.15, 0.2) is 24.3 Å². The first-order chi connectivity index (χ1) is 11.7. The Morgan fingerprint density at radius 3 is 2.17 bits per heavy atom. The minimum absolute atomic E-state index is 0.114. The van der Waals surface area contributed by atoms with Gasteiger partial charge in [0.2, 0.25) is 5.91 Å². The summed E-state index contributed by atoms with van der Waals surface area (Å²) >= 11 is 0. The molecule has 4 nitrogen and oxygen atoms in total. The van der Waals surface area contributed by atoms with E-state index in [4.69, 9.17) is 5.11 Å². The summed E-state index contributed by atoms with van der Waals surface area (Å²) in [5.74, 6) is 0.114. The highest BCUT2D eigenvalue weighted by Crippen LogP contribution is 1.99. The third-order valence-electron chi connectivity index (χ3n) is 3.79. The van der Waals surface area contributed by atoms with Gasteiger partial charge in [0.15, 0.2) is 0 Å². The topological polar surface area (TPSA) is 52.6 Å². The van der Waals surface area contributed by atoms with E-state index in [9.17, 15) is 4.79 Å². The summed E-state index contributed by atoms with van der Waals surface area (Å²) < 4.78 is 0. The summed E-state index contributed by atoms with van der Waals surface area (Å²) in [6.45, 7) is 7.60. The van der Waals surface area contributed by atoms with E-state index in [-0.39, 0.29) is 12.5 Å². The first-order valence-corrected chi connectivity index (χ1v) is 9.64. The van der Waals surface area contributed by atoms with Crippen LogP contribution in [-0.2, 0) is 4.79 Å². The van der Waals surface area contributed by atoms with Crippen molar-refractivity contribution in [3.05, 3.63) is 24.3 Å². The van der Waals surface area contributed by atoms with Gasteiger partial charge in [0, 0.05) is 26.1 Å². The minimum Gasteiger partial charge on any atom is -0.395 e. The molecule has 0 fully saturated rings. The fourth-order valence-corrected chi connectivity index (χ4v) is 2.37. The number of amides is 1. The predicted molar refractivity (Wildman–Crippen MR) is 103 cm³/mol. The molecule has 0 heterocycles. The van der Waals surface area contributed by atoms with Crippen LogP contribution in [0.4, 0.5) is 0 Å². The smallest absolute Gasteiger partial charge is 0.220 e. The molecule has 0 radical (unpaired) electrons. The van der Waals surface area contributed by atoms with E-state index in [1.807, 2.05) is 0 Å². The van der Waals surface area contributed by atoms with E-state index >= 15 is 0 Å². The molecule has 0 saturated carbocycles. The third kappa shape index (κ3) is 15.8. The van der Waals surface area contributed by atoms with Gasteiger partial charge in [-0.2, -0.15) is 0 Å². The predicted octanol–water partition coefficient (Wildman–Crippen LogP) is 3.67. The zero-order valence-corrected chi connectivity index (χ0v) is 15.8. The number of nitrogens with zero attached hydrogens (tertiary/aromatic N) is 1. The van der Waals surface area contributed by atoms with Crippen molar-refractivity contribution in [3.8, 4) is 0 Å². The Hall–Kier alpha value is -1.13. The maximum absolute atomic E-state index is 11.8. The Balaban J connectivity index is 3.77. The Morgan fingerprint density at radius 2 is 1.54 bits per heavy atom. The molecule has 0 aromatic heterocycles. The first-order valence-electron chi connectivity index (χ1n) is 9.64. The van der Waals surface area contributed by atoms with Crippen molar-refractivity contribution < 1.29 is 9.90 Å². The van der Waals surface area contributed by atoms with Crippen LogP contribution in [0.1, 0.15) is 65.2 Å². The number of rotatable bonds is 16. The molecule has 0 saturated heterocycles. The molecule has 0 bridgehead atoms. The molecule has 0 aromatic rings. The van der Waals surface area contributed by atoms with E-state index in [0.29, 0.717) is 19.5 Å². The molecule has 0 spiro atoms. The van der Waals surface area contributed by atoms with Crippen LogP contribution in [-0.4, -0.2) is 48.7 Å². The number of allylic oxidation sites excluding steroid dienone is 4. The highest BCUT2D eigenvalue weighted by atomic mass is 16.3. The summed E-state index contributed by atoms with van der Waals surface area (Å²) in [5.41, 5.74) is 0. The SMILES string of the molecule is CCC/C=C/CCCN(CCO)CCNC(=O)CC/C=C/CCC. The summed E-state index contributed by atoms with van der Waals surface area (Å²) in [6.07, 6.45) is 16.9. The van der Waals surface area contributed by atoms with Crippen LogP contribution < -0.4 is 5.32 Å². The van der Waals surface area contributed by atoms with Gasteiger partial charge in [-0.1, -0.05) is 51.0 Å². The largest absolute Gasteiger partial charge is 0.395 e. The molecule has 0 unspecified atom stereocenters. The monoisotopic (exact) mass is 338 g/mol. The van der Waals surface area contributed by atoms with Crippen molar-refractivity contribution in [2.24, 2.45) is 0 Å². The summed E-state index contributed by atoms with van der Waals surface area (Å²) in [7, 11) is 0. The van der Waals surface area contributed by atoms with Crippen LogP contribution in [0, 0.1) is 0 Å². The zero-order chi connectivity index (χ0) is 17.9. The molecule has 1 amide bonds. The van der Waals surface area contributed by atoms with Crippen LogP contribution in [0.2, 0.25) is 0 Å². The minimum atomic E-state index is 0.114. The van der Waals surface area contributed by atoms with Crippen LogP contribution >= 0.6 is 0 Å². The fraction of sp³-hybridized carbons (Fsp3) is 0.750. The summed E-state index contributed by atoms with van der Waals surface area (Å²) in [5, 5.41) is 12.1. The van der Waals surface area contributed by atoms with Gasteiger partial charge in [-0.15, -0.1) is 0 Å². The van der Waals surface area contributed by atoms with Gasteiger partial charge in [-0.3, -0.25) is 9.69 Å². The molecule has 0 aliphatic heterocycles. The highest BCUT2D eigenvalue weighted by molar-refractivity contribution is 5.75. The highest BCUT2D eigenvalue weighted by Gasteiger charge is 2.05. The molecule has 0 rings (SSSR count). The number of aliphatic hydroxyl groups is 1. The average molecular weight is 339 g/mol. The van der Waals surface area contributed by atoms with E-state index in [0.717, 1.165) is 51.6 Å². The zero-order valence-electron chi connectivity index (χ0n) is 15.8. The lowest BCUT2D eigenvalue weighted by atomic mass is 10.2. The number of carbonyl (C=O) groups is 1. The normalized spacial score (nSPS) is 11.8. The lowest BCUT2D eigenvalue weighted by Crippen LogP contribution is -2.36. The van der Waals surface area contributed by atoms with Gasteiger partial charge in [0.05, 0.1) is 6.61 Å². The van der Waals surface area contributed by atoms with Gasteiger partial charge in [0.1, 0.15) is 0 Å². The molecule has 0 aromatic carbocycles. The lowest BCUT2D eigenvalue weighted by molar-refractivity contribution is -0.121. The molecule has 0 aliphatic carbocycles. The number of unbranched alkanes of at least 4 members (excludes halogenated alkanes) is 3. The quantitative estimate of drug-likeness (QED) is 0.333. The summed E-state index contributed by atoms with van der Waals surface area (Å²) in [6, 6.07) is 0. The van der Waals surface area contributed by atoms with Crippen molar-refractivity contribution in [1.82, 2.24) is 10.2 Å². The van der Waals surface area contributed by atoms with Gasteiger partial charge < -0.3 is 10.4 Å². The van der Waals surface area contributed by atoms with E-state index in [1.54, 1.807) is 0 Å². The maximum Gasteiger partial charge on any atom is 0.220 e. The summed E-state index contributed by atoms with van der Waals surface area (Å²) in [4.78, 5) is 14.0. The van der Waals surface area contributed by atoms with E-state index in [1.165, 1.54) is 6.42 Å². The van der Waals surface area contributed by atoms with Gasteiger partial charge >= 0.3 is 0 Å². The van der Waals surface area contributed by atoms with Crippen molar-refractivity contribution in [3.63, 3.8) is 0 Å². The van der Waals surface area contributed by atoms with Gasteiger partial charge in [0.25, 0.3) is 0 Å². The van der Waals surface area contributed by atoms with E-state index in [2.05, 4.69) is 48.4 Å². The number of carbonyl (C=O) groups excluding carboxylic acids is 1. The van der Waals surface area contributed by atoms with E-state index < -0.39 is 0 Å². The molecule has 24 heavy (non-hydrogen) atoms. The molecule has 2 N–H and O–H groups in total. The van der Waals surface area contributed by atoms with Crippen LogP contribution in [0.5, 0.6) is 0 Å². The van der Waals surface area contributed by atoms with Crippen molar-refractivity contribution in [2.45, 2.75) is 65.2 Å². The number of hydrogen-bond acceptors (Lipinski definition) is 3. The van der Waals surface area contributed by atoms with Gasteiger partial charge in [-0.05, 0) is 38.6 Å². The number of hydrogen-bond donors (Lipinski definition) is 2. The van der Waals surface area contributed by atoms with Crippen molar-refractivity contribution >= 4 is 5.91 Å². The standard InChI is InChI=1S/C20H38N2O2/c1-3-5-7-9-11-13-16-22(18-19-23)17-15-21-20(24)14-12-10-8-6-4-2/h7-10,23H,3-6,11-19H2,1-2H3,(H,21,24)/b9-7+,10-8+. The van der Waals surface area contributed by atoms with Gasteiger partial charge in [-0.25, -0.2) is 0 Å². The Kier molecular flexibility index (Phi) is 17.4. The molecule has 140 valence electrons. The maximum atomic E-state index is 11.8. The second kappa shape index (κ2) is 18.2. The average Bonchev–Trinajstić information content (AvgIpc) is 2.57. The fourth-order valence-electron chi connectivity index (χ4n) is 2.37. The third-order valence-corrected chi connectivity index (χ3v) is 3.79. The Morgan fingerprint density at radius 1 is 0.917 bits per heavy atom.